The number of pyridine rings is 1. The van der Waals surface area contributed by atoms with E-state index < -0.39 is 0 Å². The average Bonchev–Trinajstić information content (AvgIpc) is 3.65. The minimum absolute atomic E-state index is 0.00943. The number of halogens is 2. The van der Waals surface area contributed by atoms with Crippen molar-refractivity contribution in [2.24, 2.45) is 0 Å². The molecule has 3 atom stereocenters. The number of benzene rings is 5. The van der Waals surface area contributed by atoms with Crippen LogP contribution in [0.25, 0.3) is 27.8 Å². The van der Waals surface area contributed by atoms with E-state index >= 15 is 0 Å². The Hall–Kier alpha value is -5.02. The predicted molar refractivity (Wildman–Crippen MR) is 200 cm³/mol. The fourth-order valence-corrected chi connectivity index (χ4v) is 7.14. The molecule has 7 aromatic rings. The highest BCUT2D eigenvalue weighted by atomic mass is 79.9. The van der Waals surface area contributed by atoms with E-state index in [4.69, 9.17) is 21.1 Å². The number of hydrogen-bond donors (Lipinski definition) is 0. The molecule has 1 saturated heterocycles. The van der Waals surface area contributed by atoms with Gasteiger partial charge in [-0.15, -0.1) is 5.10 Å². The molecule has 0 amide bonds. The van der Waals surface area contributed by atoms with E-state index in [0.717, 1.165) is 38.8 Å². The van der Waals surface area contributed by atoms with Gasteiger partial charge >= 0.3 is 0 Å². The topological polar surface area (TPSA) is 71.2 Å². The van der Waals surface area contributed by atoms with Gasteiger partial charge in [-0.25, -0.2) is 4.68 Å². The first-order chi connectivity index (χ1) is 24.5. The van der Waals surface area contributed by atoms with Crippen LogP contribution in [-0.4, -0.2) is 19.6 Å². The van der Waals surface area contributed by atoms with Gasteiger partial charge in [0.05, 0.1) is 35.7 Å². The lowest BCUT2D eigenvalue weighted by Crippen LogP contribution is -2.26. The van der Waals surface area contributed by atoms with Gasteiger partial charge in [-0.3, -0.25) is 4.79 Å². The average molecular weight is 744 g/mol. The zero-order valence-corrected chi connectivity index (χ0v) is 29.2. The highest BCUT2D eigenvalue weighted by molar-refractivity contribution is 9.10. The lowest BCUT2D eigenvalue weighted by atomic mass is 9.91. The van der Waals surface area contributed by atoms with Crippen LogP contribution in [0.15, 0.2) is 149 Å². The number of ether oxygens (including phenoxy) is 2. The van der Waals surface area contributed by atoms with Crippen LogP contribution in [0.4, 0.5) is 0 Å². The molecular formula is C41H32BrClN4O3. The molecule has 9 heteroatoms. The van der Waals surface area contributed by atoms with Crippen LogP contribution in [0.2, 0.25) is 5.02 Å². The van der Waals surface area contributed by atoms with Gasteiger partial charge in [-0.2, -0.15) is 0 Å². The van der Waals surface area contributed by atoms with E-state index in [-0.39, 0.29) is 36.0 Å². The van der Waals surface area contributed by atoms with Crippen LogP contribution in [0, 0.1) is 0 Å². The van der Waals surface area contributed by atoms with Gasteiger partial charge in [0, 0.05) is 39.0 Å². The highest BCUT2D eigenvalue weighted by Crippen LogP contribution is 2.44. The molecule has 0 spiro atoms. The Balaban J connectivity index is 1.14. The third kappa shape index (κ3) is 6.50. The third-order valence-corrected chi connectivity index (χ3v) is 9.96. The van der Waals surface area contributed by atoms with E-state index in [2.05, 4.69) is 42.9 Å². The summed E-state index contributed by atoms with van der Waals surface area (Å²) in [7, 11) is 0. The van der Waals surface area contributed by atoms with Crippen molar-refractivity contribution >= 4 is 38.4 Å². The normalized spacial score (nSPS) is 17.5. The van der Waals surface area contributed by atoms with Gasteiger partial charge in [-0.05, 0) is 59.7 Å². The van der Waals surface area contributed by atoms with Crippen LogP contribution in [0.1, 0.15) is 47.9 Å². The number of fused-ring (bicyclic) bond motifs is 1. The zero-order chi connectivity index (χ0) is 34.0. The molecule has 1 aliphatic rings. The zero-order valence-electron chi connectivity index (χ0n) is 26.9. The second-order valence-electron chi connectivity index (χ2n) is 12.4. The smallest absolute Gasteiger partial charge is 0.231 e. The first-order valence-corrected chi connectivity index (χ1v) is 17.7. The molecule has 248 valence electrons. The molecule has 0 bridgehead atoms. The molecule has 0 aliphatic carbocycles. The summed E-state index contributed by atoms with van der Waals surface area (Å²) in [4.78, 5) is 14.2. The summed E-state index contributed by atoms with van der Waals surface area (Å²) in [5.41, 5.74) is 5.88. The summed E-state index contributed by atoms with van der Waals surface area (Å²) < 4.78 is 18.2. The summed E-state index contributed by atoms with van der Waals surface area (Å²) in [5.74, 6) is 0.262. The number of rotatable bonds is 8. The Morgan fingerprint density at radius 1 is 0.780 bits per heavy atom. The molecule has 7 nitrogen and oxygen atoms in total. The molecule has 3 heterocycles. The Labute approximate surface area is 302 Å². The Kier molecular flexibility index (Phi) is 9.06. The first kappa shape index (κ1) is 32.2. The van der Waals surface area contributed by atoms with E-state index in [9.17, 15) is 4.79 Å². The largest absolute Gasteiger partial charge is 0.481 e. The minimum atomic E-state index is -0.174. The molecule has 2 aromatic heterocycles. The van der Waals surface area contributed by atoms with Crippen molar-refractivity contribution < 1.29 is 9.47 Å². The fraction of sp³-hybridized carbons (Fsp3) is 0.146. The van der Waals surface area contributed by atoms with Crippen molar-refractivity contribution in [3.8, 4) is 22.7 Å². The summed E-state index contributed by atoms with van der Waals surface area (Å²) in [6.45, 7) is 0.0716. The highest BCUT2D eigenvalue weighted by Gasteiger charge is 2.33. The van der Waals surface area contributed by atoms with Gasteiger partial charge in [0.1, 0.15) is 12.3 Å². The lowest BCUT2D eigenvalue weighted by molar-refractivity contribution is -0.0741. The molecule has 1 aliphatic heterocycles. The Morgan fingerprint density at radius 3 is 2.10 bits per heavy atom. The molecule has 3 unspecified atom stereocenters. The molecule has 8 rings (SSSR count). The standard InChI is InChI=1S/C41H32BrClN4O3/c42-30-19-15-27(16-20-30)37-23-34(24-38(50-37)28-17-21-31(43)22-18-28)46-25-32(44-45-46)26-49-41-39(29-9-3-1-4-10-29)47(33-11-5-2-6-12-33)36-14-8-7-13-35(36)40(41)48/h1-22,25,34,37-38H,23-24,26H2. The van der Waals surface area contributed by atoms with Gasteiger partial charge in [0.25, 0.3) is 0 Å². The molecule has 0 N–H and O–H groups in total. The summed E-state index contributed by atoms with van der Waals surface area (Å²) >= 11 is 9.76. The van der Waals surface area contributed by atoms with Crippen molar-refractivity contribution in [2.45, 2.75) is 37.7 Å². The maximum absolute atomic E-state index is 14.2. The van der Waals surface area contributed by atoms with Crippen molar-refractivity contribution in [1.29, 1.82) is 0 Å². The van der Waals surface area contributed by atoms with E-state index in [0.29, 0.717) is 28.2 Å². The van der Waals surface area contributed by atoms with Crippen LogP contribution < -0.4 is 10.2 Å². The van der Waals surface area contributed by atoms with Crippen LogP contribution >= 0.6 is 27.5 Å². The van der Waals surface area contributed by atoms with Gasteiger partial charge in [-0.1, -0.05) is 118 Å². The second-order valence-corrected chi connectivity index (χ2v) is 13.7. The summed E-state index contributed by atoms with van der Waals surface area (Å²) in [6.07, 6.45) is 3.05. The monoisotopic (exact) mass is 742 g/mol. The van der Waals surface area contributed by atoms with Gasteiger partial charge in [0.15, 0.2) is 5.75 Å². The van der Waals surface area contributed by atoms with Gasteiger partial charge < -0.3 is 14.0 Å². The predicted octanol–water partition coefficient (Wildman–Crippen LogP) is 10.1. The quantitative estimate of drug-likeness (QED) is 0.155. The maximum atomic E-state index is 14.2. The lowest BCUT2D eigenvalue weighted by Gasteiger charge is -2.36. The van der Waals surface area contributed by atoms with Crippen molar-refractivity contribution in [3.63, 3.8) is 0 Å². The van der Waals surface area contributed by atoms with Crippen molar-refractivity contribution in [1.82, 2.24) is 19.6 Å². The minimum Gasteiger partial charge on any atom is -0.481 e. The first-order valence-electron chi connectivity index (χ1n) is 16.5. The Morgan fingerprint density at radius 2 is 1.40 bits per heavy atom. The Bertz CT molecular complexity index is 2260. The van der Waals surface area contributed by atoms with Crippen molar-refractivity contribution in [2.75, 3.05) is 0 Å². The van der Waals surface area contributed by atoms with E-state index in [1.807, 2.05) is 132 Å². The van der Waals surface area contributed by atoms with Crippen LogP contribution in [-0.2, 0) is 11.3 Å². The SMILES string of the molecule is O=c1c(OCc2cn(C3CC(c4ccc(Cl)cc4)OC(c4ccc(Br)cc4)C3)nn2)c(-c2ccccc2)n(-c2ccccc2)c2ccccc12. The molecule has 50 heavy (non-hydrogen) atoms. The molecule has 5 aromatic carbocycles. The third-order valence-electron chi connectivity index (χ3n) is 9.18. The fourth-order valence-electron chi connectivity index (χ4n) is 6.75. The van der Waals surface area contributed by atoms with Crippen molar-refractivity contribution in [3.05, 3.63) is 176 Å². The second kappa shape index (κ2) is 14.1. The van der Waals surface area contributed by atoms with Crippen LogP contribution in [0.3, 0.4) is 0 Å². The van der Waals surface area contributed by atoms with E-state index in [1.165, 1.54) is 0 Å². The van der Waals surface area contributed by atoms with E-state index in [1.54, 1.807) is 0 Å². The maximum Gasteiger partial charge on any atom is 0.231 e. The van der Waals surface area contributed by atoms with Gasteiger partial charge in [0.2, 0.25) is 5.43 Å². The number of para-hydroxylation sites is 2. The molecular weight excluding hydrogens is 712 g/mol. The molecule has 0 saturated carbocycles. The summed E-state index contributed by atoms with van der Waals surface area (Å²) in [5, 5.41) is 10.3. The molecule has 1 fully saturated rings. The molecule has 0 radical (unpaired) electrons. The summed E-state index contributed by atoms with van der Waals surface area (Å²) in [6, 6.07) is 43.6. The van der Waals surface area contributed by atoms with Crippen LogP contribution in [0.5, 0.6) is 5.75 Å². The number of aromatic nitrogens is 4. The number of hydrogen-bond acceptors (Lipinski definition) is 5. The number of nitrogens with zero attached hydrogens (tertiary/aromatic N) is 4.